The van der Waals surface area contributed by atoms with Crippen LogP contribution in [0.15, 0.2) is 48.8 Å². The molecule has 1 aromatic carbocycles. The molecule has 0 saturated heterocycles. The molecule has 0 spiro atoms. The zero-order valence-corrected chi connectivity index (χ0v) is 10.8. The van der Waals surface area contributed by atoms with Crippen LogP contribution in [0.1, 0.15) is 11.1 Å². The summed E-state index contributed by atoms with van der Waals surface area (Å²) < 4.78 is 0. The monoisotopic (exact) mass is 261 g/mol. The van der Waals surface area contributed by atoms with Gasteiger partial charge in [-0.15, -0.1) is 0 Å². The number of benzene rings is 1. The van der Waals surface area contributed by atoms with Crippen LogP contribution in [0.4, 0.5) is 0 Å². The Morgan fingerprint density at radius 1 is 1.11 bits per heavy atom. The van der Waals surface area contributed by atoms with Gasteiger partial charge in [0.15, 0.2) is 0 Å². The van der Waals surface area contributed by atoms with Crippen molar-refractivity contribution in [1.82, 2.24) is 10.4 Å². The minimum atomic E-state index is 0.190. The molecule has 0 radical (unpaired) electrons. The van der Waals surface area contributed by atoms with E-state index in [2.05, 4.69) is 16.5 Å². The summed E-state index contributed by atoms with van der Waals surface area (Å²) in [6.07, 6.45) is 5.36. The summed E-state index contributed by atoms with van der Waals surface area (Å²) in [6, 6.07) is 12.0. The highest BCUT2D eigenvalue weighted by Gasteiger charge is 2.08. The van der Waals surface area contributed by atoms with Gasteiger partial charge in [-0.25, -0.2) is 0 Å². The summed E-state index contributed by atoms with van der Waals surface area (Å²) in [5.74, 6) is 5.60. The zero-order valence-electron chi connectivity index (χ0n) is 10.0. The second-order valence-corrected chi connectivity index (χ2v) is 4.70. The average Bonchev–Trinajstić information content (AvgIpc) is 2.41. The van der Waals surface area contributed by atoms with Gasteiger partial charge in [0.25, 0.3) is 0 Å². The zero-order chi connectivity index (χ0) is 12.8. The lowest BCUT2D eigenvalue weighted by Gasteiger charge is -2.15. The van der Waals surface area contributed by atoms with Gasteiger partial charge in [-0.3, -0.25) is 16.3 Å². The standard InChI is InChI=1S/C14H16ClN3/c15-13-5-3-11(4-6-13)8-14(18-16)9-12-2-1-7-17-10-12/h1-7,10,14,18H,8-9,16H2. The van der Waals surface area contributed by atoms with Crippen molar-refractivity contribution in [1.29, 1.82) is 0 Å². The molecule has 3 nitrogen and oxygen atoms in total. The number of nitrogens with two attached hydrogens (primary N) is 1. The number of hydrogen-bond acceptors (Lipinski definition) is 3. The molecular weight excluding hydrogens is 246 g/mol. The summed E-state index contributed by atoms with van der Waals surface area (Å²) in [7, 11) is 0. The summed E-state index contributed by atoms with van der Waals surface area (Å²) in [5, 5.41) is 0.753. The number of nitrogens with one attached hydrogen (secondary N) is 1. The minimum Gasteiger partial charge on any atom is -0.271 e. The van der Waals surface area contributed by atoms with Gasteiger partial charge in [0.2, 0.25) is 0 Å². The molecule has 3 N–H and O–H groups in total. The number of hydrogen-bond donors (Lipinski definition) is 2. The largest absolute Gasteiger partial charge is 0.271 e. The Labute approximate surface area is 112 Å². The Hall–Kier alpha value is -1.42. The number of rotatable bonds is 5. The van der Waals surface area contributed by atoms with Crippen molar-refractivity contribution in [2.45, 2.75) is 18.9 Å². The third-order valence-corrected chi connectivity index (χ3v) is 3.09. The summed E-state index contributed by atoms with van der Waals surface area (Å²) in [4.78, 5) is 4.10. The maximum absolute atomic E-state index is 5.86. The molecule has 4 heteroatoms. The molecule has 1 heterocycles. The van der Waals surface area contributed by atoms with E-state index in [4.69, 9.17) is 17.4 Å². The lowest BCUT2D eigenvalue weighted by Crippen LogP contribution is -2.38. The highest BCUT2D eigenvalue weighted by Crippen LogP contribution is 2.12. The molecule has 1 unspecified atom stereocenters. The van der Waals surface area contributed by atoms with E-state index in [1.54, 1.807) is 6.20 Å². The van der Waals surface area contributed by atoms with E-state index in [1.165, 1.54) is 11.1 Å². The molecule has 2 rings (SSSR count). The van der Waals surface area contributed by atoms with Crippen LogP contribution in [-0.2, 0) is 12.8 Å². The van der Waals surface area contributed by atoms with Gasteiger partial charge in [-0.1, -0.05) is 29.8 Å². The molecule has 0 saturated carbocycles. The maximum atomic E-state index is 5.86. The molecule has 0 fully saturated rings. The van der Waals surface area contributed by atoms with Gasteiger partial charge >= 0.3 is 0 Å². The van der Waals surface area contributed by atoms with E-state index in [1.807, 2.05) is 36.5 Å². The summed E-state index contributed by atoms with van der Waals surface area (Å²) in [5.41, 5.74) is 5.24. The van der Waals surface area contributed by atoms with Crippen LogP contribution in [-0.4, -0.2) is 11.0 Å². The van der Waals surface area contributed by atoms with E-state index in [0.717, 1.165) is 17.9 Å². The summed E-state index contributed by atoms with van der Waals surface area (Å²) >= 11 is 5.86. The molecule has 1 atom stereocenters. The van der Waals surface area contributed by atoms with Crippen molar-refractivity contribution in [3.8, 4) is 0 Å². The van der Waals surface area contributed by atoms with Crippen LogP contribution in [0.25, 0.3) is 0 Å². The van der Waals surface area contributed by atoms with E-state index >= 15 is 0 Å². The van der Waals surface area contributed by atoms with E-state index in [-0.39, 0.29) is 6.04 Å². The third kappa shape index (κ3) is 3.81. The van der Waals surface area contributed by atoms with Crippen LogP contribution in [0.5, 0.6) is 0 Å². The van der Waals surface area contributed by atoms with E-state index in [9.17, 15) is 0 Å². The first-order valence-electron chi connectivity index (χ1n) is 5.87. The van der Waals surface area contributed by atoms with Crippen molar-refractivity contribution >= 4 is 11.6 Å². The van der Waals surface area contributed by atoms with Crippen LogP contribution < -0.4 is 11.3 Å². The SMILES string of the molecule is NNC(Cc1ccc(Cl)cc1)Cc1cccnc1. The number of aromatic nitrogens is 1. The first-order chi connectivity index (χ1) is 8.78. The Morgan fingerprint density at radius 2 is 1.83 bits per heavy atom. The first kappa shape index (κ1) is 13.0. The lowest BCUT2D eigenvalue weighted by molar-refractivity contribution is 0.522. The van der Waals surface area contributed by atoms with Gasteiger partial charge in [0.05, 0.1) is 0 Å². The Kier molecular flexibility index (Phi) is 4.70. The molecule has 0 aliphatic rings. The van der Waals surface area contributed by atoms with Crippen LogP contribution >= 0.6 is 11.6 Å². The second-order valence-electron chi connectivity index (χ2n) is 4.26. The predicted octanol–water partition coefficient (Wildman–Crippen LogP) is 2.35. The van der Waals surface area contributed by atoms with Crippen molar-refractivity contribution in [3.63, 3.8) is 0 Å². The molecule has 0 amide bonds. The van der Waals surface area contributed by atoms with Gasteiger partial charge in [-0.2, -0.15) is 0 Å². The Morgan fingerprint density at radius 3 is 2.44 bits per heavy atom. The van der Waals surface area contributed by atoms with Gasteiger partial charge in [-0.05, 0) is 42.2 Å². The molecule has 0 bridgehead atoms. The second kappa shape index (κ2) is 6.50. The molecule has 18 heavy (non-hydrogen) atoms. The maximum Gasteiger partial charge on any atom is 0.0406 e. The number of nitrogens with zero attached hydrogens (tertiary/aromatic N) is 1. The van der Waals surface area contributed by atoms with Crippen molar-refractivity contribution < 1.29 is 0 Å². The fourth-order valence-corrected chi connectivity index (χ4v) is 2.02. The fourth-order valence-electron chi connectivity index (χ4n) is 1.90. The Balaban J connectivity index is 1.99. The van der Waals surface area contributed by atoms with Gasteiger partial charge in [0.1, 0.15) is 0 Å². The first-order valence-corrected chi connectivity index (χ1v) is 6.25. The van der Waals surface area contributed by atoms with Crippen molar-refractivity contribution in [2.75, 3.05) is 0 Å². The molecule has 0 aliphatic carbocycles. The Bertz CT molecular complexity index is 470. The number of pyridine rings is 1. The highest BCUT2D eigenvalue weighted by atomic mass is 35.5. The molecular formula is C14H16ClN3. The average molecular weight is 262 g/mol. The van der Waals surface area contributed by atoms with Gasteiger partial charge in [0, 0.05) is 23.5 Å². The smallest absolute Gasteiger partial charge is 0.0406 e. The highest BCUT2D eigenvalue weighted by molar-refractivity contribution is 6.30. The third-order valence-electron chi connectivity index (χ3n) is 2.84. The van der Waals surface area contributed by atoms with Crippen molar-refractivity contribution in [2.24, 2.45) is 5.84 Å². The summed E-state index contributed by atoms with van der Waals surface area (Å²) in [6.45, 7) is 0. The van der Waals surface area contributed by atoms with Crippen LogP contribution in [0.3, 0.4) is 0 Å². The van der Waals surface area contributed by atoms with Gasteiger partial charge < -0.3 is 0 Å². The fraction of sp³-hybridized carbons (Fsp3) is 0.214. The number of hydrazine groups is 1. The minimum absolute atomic E-state index is 0.190. The topological polar surface area (TPSA) is 50.9 Å². The van der Waals surface area contributed by atoms with E-state index < -0.39 is 0 Å². The van der Waals surface area contributed by atoms with E-state index in [0.29, 0.717) is 0 Å². The molecule has 2 aromatic rings. The van der Waals surface area contributed by atoms with Crippen molar-refractivity contribution in [3.05, 3.63) is 64.9 Å². The van der Waals surface area contributed by atoms with Crippen LogP contribution in [0.2, 0.25) is 5.02 Å². The van der Waals surface area contributed by atoms with Crippen LogP contribution in [0, 0.1) is 0 Å². The lowest BCUT2D eigenvalue weighted by atomic mass is 10.0. The number of halogens is 1. The molecule has 1 aromatic heterocycles. The normalized spacial score (nSPS) is 12.3. The molecule has 0 aliphatic heterocycles. The predicted molar refractivity (Wildman–Crippen MR) is 74.2 cm³/mol. The molecule has 94 valence electrons. The quantitative estimate of drug-likeness (QED) is 0.642.